The Balaban J connectivity index is 1.97. The van der Waals surface area contributed by atoms with E-state index >= 15 is 0 Å². The maximum absolute atomic E-state index is 11.2. The minimum absolute atomic E-state index is 0.000977. The van der Waals surface area contributed by atoms with Crippen LogP contribution in [0.25, 0.3) is 0 Å². The zero-order chi connectivity index (χ0) is 17.3. The average Bonchev–Trinajstić information content (AvgIpc) is 2.99. The minimum atomic E-state index is -0.547. The molecule has 0 fully saturated rings. The molecule has 0 atom stereocenters. The molecule has 122 valence electrons. The zero-order valence-corrected chi connectivity index (χ0v) is 13.4. The summed E-state index contributed by atoms with van der Waals surface area (Å²) in [5.74, 6) is 0.695. The van der Waals surface area contributed by atoms with Crippen LogP contribution < -0.4 is 9.47 Å². The van der Waals surface area contributed by atoms with E-state index in [1.807, 2.05) is 0 Å². The van der Waals surface area contributed by atoms with Gasteiger partial charge >= 0.3 is 0 Å². The molecule has 9 nitrogen and oxygen atoms in total. The van der Waals surface area contributed by atoms with Crippen LogP contribution in [0.1, 0.15) is 5.56 Å². The first-order valence-corrected chi connectivity index (χ1v) is 7.31. The number of hydrogen-bond donors (Lipinski definition) is 0. The SMILES string of the molecule is O=[N+]([O-])c1ccc(N=Cc2cc3c(cc2[N+](=O)[O-])OCO3)c(Br)c1. The third-order valence-electron chi connectivity index (χ3n) is 3.20. The van der Waals surface area contributed by atoms with Crippen molar-refractivity contribution in [3.63, 3.8) is 0 Å². The van der Waals surface area contributed by atoms with Gasteiger partial charge in [0.05, 0.1) is 27.2 Å². The summed E-state index contributed by atoms with van der Waals surface area (Å²) >= 11 is 3.19. The van der Waals surface area contributed by atoms with E-state index in [2.05, 4.69) is 20.9 Å². The molecular formula is C14H8BrN3O6. The molecule has 0 amide bonds. The number of ether oxygens (including phenoxy) is 2. The number of fused-ring (bicyclic) bond motifs is 1. The van der Waals surface area contributed by atoms with Gasteiger partial charge in [0.1, 0.15) is 0 Å². The van der Waals surface area contributed by atoms with Crippen molar-refractivity contribution in [1.29, 1.82) is 0 Å². The van der Waals surface area contributed by atoms with Gasteiger partial charge in [-0.05, 0) is 28.1 Å². The Bertz CT molecular complexity index is 883. The molecule has 0 N–H and O–H groups in total. The van der Waals surface area contributed by atoms with E-state index in [9.17, 15) is 20.2 Å². The molecule has 2 aromatic rings. The molecule has 0 saturated carbocycles. The Morgan fingerprint density at radius 3 is 2.42 bits per heavy atom. The van der Waals surface area contributed by atoms with E-state index < -0.39 is 9.85 Å². The van der Waals surface area contributed by atoms with Gasteiger partial charge in [-0.2, -0.15) is 0 Å². The van der Waals surface area contributed by atoms with Gasteiger partial charge in [0, 0.05) is 22.8 Å². The first-order chi connectivity index (χ1) is 11.5. The number of hydrogen-bond acceptors (Lipinski definition) is 7. The fourth-order valence-electron chi connectivity index (χ4n) is 2.06. The van der Waals surface area contributed by atoms with Crippen molar-refractivity contribution in [2.24, 2.45) is 4.99 Å². The van der Waals surface area contributed by atoms with Gasteiger partial charge in [0.25, 0.3) is 11.4 Å². The summed E-state index contributed by atoms with van der Waals surface area (Å²) in [6.07, 6.45) is 1.30. The molecule has 0 aromatic heterocycles. The summed E-state index contributed by atoms with van der Waals surface area (Å²) in [6, 6.07) is 6.78. The van der Waals surface area contributed by atoms with Gasteiger partial charge in [0.2, 0.25) is 6.79 Å². The molecule has 0 aliphatic carbocycles. The summed E-state index contributed by atoms with van der Waals surface area (Å²) in [7, 11) is 0. The highest BCUT2D eigenvalue weighted by Crippen LogP contribution is 2.37. The van der Waals surface area contributed by atoms with Crippen molar-refractivity contribution in [3.05, 3.63) is 60.6 Å². The van der Waals surface area contributed by atoms with Crippen LogP contribution in [-0.2, 0) is 0 Å². The highest BCUT2D eigenvalue weighted by atomic mass is 79.9. The van der Waals surface area contributed by atoms with Crippen LogP contribution in [-0.4, -0.2) is 22.9 Å². The van der Waals surface area contributed by atoms with E-state index in [4.69, 9.17) is 9.47 Å². The number of benzene rings is 2. The van der Waals surface area contributed by atoms with Gasteiger partial charge in [-0.15, -0.1) is 0 Å². The Kier molecular flexibility index (Phi) is 4.13. The third-order valence-corrected chi connectivity index (χ3v) is 3.84. The lowest BCUT2D eigenvalue weighted by molar-refractivity contribution is -0.385. The summed E-state index contributed by atoms with van der Waals surface area (Å²) in [5, 5.41) is 21.9. The fraction of sp³-hybridized carbons (Fsp3) is 0.0714. The van der Waals surface area contributed by atoms with Crippen LogP contribution in [0.3, 0.4) is 0 Å². The zero-order valence-electron chi connectivity index (χ0n) is 11.8. The molecule has 1 heterocycles. The quantitative estimate of drug-likeness (QED) is 0.443. The second-order valence-corrected chi connectivity index (χ2v) is 5.53. The number of aliphatic imine (C=N–C) groups is 1. The Labute approximate surface area is 143 Å². The predicted molar refractivity (Wildman–Crippen MR) is 87.3 cm³/mol. The lowest BCUT2D eigenvalue weighted by Crippen LogP contribution is -1.95. The highest BCUT2D eigenvalue weighted by molar-refractivity contribution is 9.10. The van der Waals surface area contributed by atoms with Crippen molar-refractivity contribution in [3.8, 4) is 11.5 Å². The van der Waals surface area contributed by atoms with Crippen LogP contribution in [0.4, 0.5) is 17.1 Å². The molecule has 24 heavy (non-hydrogen) atoms. The number of rotatable bonds is 4. The van der Waals surface area contributed by atoms with Crippen LogP contribution in [0.5, 0.6) is 11.5 Å². The molecule has 0 bridgehead atoms. The Morgan fingerprint density at radius 2 is 1.79 bits per heavy atom. The van der Waals surface area contributed by atoms with Crippen LogP contribution in [0.15, 0.2) is 39.8 Å². The van der Waals surface area contributed by atoms with Crippen LogP contribution in [0, 0.1) is 20.2 Å². The van der Waals surface area contributed by atoms with Gasteiger partial charge < -0.3 is 9.47 Å². The van der Waals surface area contributed by atoms with Crippen LogP contribution >= 0.6 is 15.9 Å². The Hall–Kier alpha value is -3.01. The molecular weight excluding hydrogens is 386 g/mol. The van der Waals surface area contributed by atoms with E-state index in [0.717, 1.165) is 0 Å². The predicted octanol–water partition coefficient (Wildman–Crippen LogP) is 3.74. The number of non-ortho nitro benzene ring substituents is 1. The molecule has 3 rings (SSSR count). The second kappa shape index (κ2) is 6.24. The van der Waals surface area contributed by atoms with E-state index in [0.29, 0.717) is 21.7 Å². The molecule has 0 unspecified atom stereocenters. The van der Waals surface area contributed by atoms with Crippen LogP contribution in [0.2, 0.25) is 0 Å². The molecule has 1 aliphatic rings. The number of nitro benzene ring substituents is 2. The maximum atomic E-state index is 11.2. The molecule has 2 aromatic carbocycles. The monoisotopic (exact) mass is 393 g/mol. The standard InChI is InChI=1S/C14H8BrN3O6/c15-10-4-9(17(19)20)1-2-11(10)16-6-8-3-13-14(24-7-23-13)5-12(8)18(21)22/h1-6H,7H2. The minimum Gasteiger partial charge on any atom is -0.454 e. The smallest absolute Gasteiger partial charge is 0.282 e. The summed E-state index contributed by atoms with van der Waals surface area (Å²) in [5.41, 5.74) is 0.359. The molecule has 0 radical (unpaired) electrons. The Morgan fingerprint density at radius 1 is 1.08 bits per heavy atom. The highest BCUT2D eigenvalue weighted by Gasteiger charge is 2.22. The summed E-state index contributed by atoms with van der Waals surface area (Å²) in [6.45, 7) is 0.000977. The maximum Gasteiger partial charge on any atom is 0.282 e. The molecule has 10 heteroatoms. The number of nitro groups is 2. The first kappa shape index (κ1) is 15.9. The van der Waals surface area contributed by atoms with Gasteiger partial charge in [-0.3, -0.25) is 25.2 Å². The fourth-order valence-corrected chi connectivity index (χ4v) is 2.53. The van der Waals surface area contributed by atoms with Crippen molar-refractivity contribution >= 4 is 39.2 Å². The lowest BCUT2D eigenvalue weighted by Gasteiger charge is -2.01. The van der Waals surface area contributed by atoms with Crippen molar-refractivity contribution < 1.29 is 19.3 Å². The molecule has 0 saturated heterocycles. The average molecular weight is 394 g/mol. The molecule has 1 aliphatic heterocycles. The number of nitrogens with zero attached hydrogens (tertiary/aromatic N) is 3. The van der Waals surface area contributed by atoms with Crippen molar-refractivity contribution in [2.45, 2.75) is 0 Å². The van der Waals surface area contributed by atoms with Gasteiger partial charge in [-0.25, -0.2) is 0 Å². The number of halogens is 1. The van der Waals surface area contributed by atoms with Crippen molar-refractivity contribution in [1.82, 2.24) is 0 Å². The second-order valence-electron chi connectivity index (χ2n) is 4.67. The van der Waals surface area contributed by atoms with E-state index in [-0.39, 0.29) is 23.7 Å². The lowest BCUT2D eigenvalue weighted by atomic mass is 10.1. The van der Waals surface area contributed by atoms with Gasteiger partial charge in [-0.1, -0.05) is 0 Å². The largest absolute Gasteiger partial charge is 0.454 e. The van der Waals surface area contributed by atoms with E-state index in [1.54, 1.807) is 0 Å². The summed E-state index contributed by atoms with van der Waals surface area (Å²) < 4.78 is 10.7. The van der Waals surface area contributed by atoms with Gasteiger partial charge in [0.15, 0.2) is 11.5 Å². The van der Waals surface area contributed by atoms with E-state index in [1.165, 1.54) is 36.5 Å². The normalized spacial score (nSPS) is 12.5. The third kappa shape index (κ3) is 3.04. The molecule has 0 spiro atoms. The first-order valence-electron chi connectivity index (χ1n) is 6.52. The summed E-state index contributed by atoms with van der Waals surface area (Å²) in [4.78, 5) is 25.0. The topological polar surface area (TPSA) is 117 Å². The van der Waals surface area contributed by atoms with Crippen molar-refractivity contribution in [2.75, 3.05) is 6.79 Å².